The van der Waals surface area contributed by atoms with Crippen LogP contribution in [0.2, 0.25) is 0 Å². The third-order valence-electron chi connectivity index (χ3n) is 3.72. The van der Waals surface area contributed by atoms with E-state index in [1.165, 1.54) is 25.2 Å². The van der Waals surface area contributed by atoms with Crippen molar-refractivity contribution >= 4 is 17.8 Å². The van der Waals surface area contributed by atoms with Crippen molar-refractivity contribution in [2.45, 2.75) is 44.6 Å². The lowest BCUT2D eigenvalue weighted by molar-refractivity contribution is -0.147. The summed E-state index contributed by atoms with van der Waals surface area (Å²) in [7, 11) is 0. The normalized spacial score (nSPS) is 15.5. The molecular formula is C16H22N2O5. The summed E-state index contributed by atoms with van der Waals surface area (Å²) in [6.07, 6.45) is 7.95. The van der Waals surface area contributed by atoms with Crippen molar-refractivity contribution in [1.82, 2.24) is 10.6 Å². The molecule has 2 amide bonds. The quantitative estimate of drug-likeness (QED) is 0.609. The van der Waals surface area contributed by atoms with Crippen LogP contribution in [0.3, 0.4) is 0 Å². The summed E-state index contributed by atoms with van der Waals surface area (Å²) in [6, 6.07) is 3.23. The summed E-state index contributed by atoms with van der Waals surface area (Å²) in [5, 5.41) is 5.24. The fourth-order valence-electron chi connectivity index (χ4n) is 2.54. The molecule has 1 fully saturated rings. The Kier molecular flexibility index (Phi) is 6.65. The molecule has 126 valence electrons. The molecule has 23 heavy (non-hydrogen) atoms. The molecule has 0 bridgehead atoms. The summed E-state index contributed by atoms with van der Waals surface area (Å²) in [4.78, 5) is 34.8. The van der Waals surface area contributed by atoms with Crippen molar-refractivity contribution in [2.24, 2.45) is 0 Å². The number of carbonyl (C=O) groups is 3. The van der Waals surface area contributed by atoms with Crippen LogP contribution in [0.15, 0.2) is 22.8 Å². The van der Waals surface area contributed by atoms with E-state index in [0.29, 0.717) is 0 Å². The highest BCUT2D eigenvalue weighted by Crippen LogP contribution is 2.16. The van der Waals surface area contributed by atoms with Gasteiger partial charge in [-0.1, -0.05) is 25.7 Å². The second kappa shape index (κ2) is 8.97. The Hall–Kier alpha value is -2.31. The Morgan fingerprint density at radius 1 is 1.17 bits per heavy atom. The predicted octanol–water partition coefficient (Wildman–Crippen LogP) is 1.39. The van der Waals surface area contributed by atoms with E-state index in [1.807, 2.05) is 0 Å². The Morgan fingerprint density at radius 3 is 2.57 bits per heavy atom. The highest BCUT2D eigenvalue weighted by molar-refractivity contribution is 5.93. The minimum atomic E-state index is -0.666. The summed E-state index contributed by atoms with van der Waals surface area (Å²) < 4.78 is 9.74. The van der Waals surface area contributed by atoms with E-state index in [-0.39, 0.29) is 30.9 Å². The molecule has 0 spiro atoms. The van der Waals surface area contributed by atoms with Crippen molar-refractivity contribution in [3.8, 4) is 0 Å². The van der Waals surface area contributed by atoms with Crippen LogP contribution in [0.5, 0.6) is 0 Å². The molecule has 0 radical (unpaired) electrons. The van der Waals surface area contributed by atoms with E-state index >= 15 is 0 Å². The van der Waals surface area contributed by atoms with Gasteiger partial charge in [-0.2, -0.15) is 0 Å². The largest absolute Gasteiger partial charge is 0.459 e. The van der Waals surface area contributed by atoms with Crippen LogP contribution in [0.25, 0.3) is 0 Å². The van der Waals surface area contributed by atoms with Crippen LogP contribution in [0, 0.1) is 0 Å². The van der Waals surface area contributed by atoms with E-state index in [2.05, 4.69) is 10.6 Å². The van der Waals surface area contributed by atoms with Crippen LogP contribution >= 0.6 is 0 Å². The van der Waals surface area contributed by atoms with Gasteiger partial charge in [-0.05, 0) is 25.0 Å². The van der Waals surface area contributed by atoms with E-state index in [1.54, 1.807) is 6.07 Å². The van der Waals surface area contributed by atoms with E-state index in [4.69, 9.17) is 9.15 Å². The number of furan rings is 1. The molecule has 1 aromatic heterocycles. The van der Waals surface area contributed by atoms with Gasteiger partial charge in [-0.25, -0.2) is 0 Å². The lowest BCUT2D eigenvalue weighted by atomic mass is 10.1. The second-order valence-electron chi connectivity index (χ2n) is 5.58. The van der Waals surface area contributed by atoms with Gasteiger partial charge in [0.05, 0.1) is 6.26 Å². The van der Waals surface area contributed by atoms with Crippen molar-refractivity contribution < 1.29 is 23.5 Å². The maximum absolute atomic E-state index is 11.8. The Labute approximate surface area is 134 Å². The first-order valence-corrected chi connectivity index (χ1v) is 7.92. The average Bonchev–Trinajstić information content (AvgIpc) is 2.97. The first-order valence-electron chi connectivity index (χ1n) is 7.92. The number of amides is 2. The summed E-state index contributed by atoms with van der Waals surface area (Å²) in [6.45, 7) is -0.637. The smallest absolute Gasteiger partial charge is 0.325 e. The van der Waals surface area contributed by atoms with Gasteiger partial charge in [0.2, 0.25) is 0 Å². The van der Waals surface area contributed by atoms with Crippen LogP contribution < -0.4 is 10.6 Å². The van der Waals surface area contributed by atoms with Gasteiger partial charge in [-0.3, -0.25) is 14.4 Å². The molecule has 7 heteroatoms. The van der Waals surface area contributed by atoms with Gasteiger partial charge in [0.15, 0.2) is 12.4 Å². The highest BCUT2D eigenvalue weighted by atomic mass is 16.5. The molecule has 1 aliphatic carbocycles. The summed E-state index contributed by atoms with van der Waals surface area (Å²) >= 11 is 0. The molecule has 0 aromatic carbocycles. The molecular weight excluding hydrogens is 300 g/mol. The molecule has 2 N–H and O–H groups in total. The van der Waals surface area contributed by atoms with Gasteiger partial charge < -0.3 is 19.8 Å². The van der Waals surface area contributed by atoms with Crippen LogP contribution in [0.4, 0.5) is 0 Å². The lowest BCUT2D eigenvalue weighted by Gasteiger charge is -2.16. The second-order valence-corrected chi connectivity index (χ2v) is 5.58. The number of esters is 1. The molecule has 1 heterocycles. The van der Waals surface area contributed by atoms with Crippen LogP contribution in [-0.2, 0) is 14.3 Å². The van der Waals surface area contributed by atoms with E-state index in [0.717, 1.165) is 25.7 Å². The number of rotatable bonds is 6. The van der Waals surface area contributed by atoms with Gasteiger partial charge in [-0.15, -0.1) is 0 Å². The molecule has 0 saturated heterocycles. The fourth-order valence-corrected chi connectivity index (χ4v) is 2.54. The molecule has 1 aromatic rings. The van der Waals surface area contributed by atoms with Crippen molar-refractivity contribution in [3.05, 3.63) is 24.2 Å². The number of carbonyl (C=O) groups excluding carboxylic acids is 3. The maximum atomic E-state index is 11.8. The average molecular weight is 322 g/mol. The van der Waals surface area contributed by atoms with Crippen LogP contribution in [0.1, 0.15) is 49.1 Å². The first kappa shape index (κ1) is 17.1. The van der Waals surface area contributed by atoms with Gasteiger partial charge in [0.25, 0.3) is 11.8 Å². The summed E-state index contributed by atoms with van der Waals surface area (Å²) in [5.74, 6) is -1.36. The monoisotopic (exact) mass is 322 g/mol. The minimum Gasteiger partial charge on any atom is -0.459 e. The predicted molar refractivity (Wildman–Crippen MR) is 81.6 cm³/mol. The maximum Gasteiger partial charge on any atom is 0.325 e. The van der Waals surface area contributed by atoms with E-state index < -0.39 is 11.9 Å². The molecule has 0 aliphatic heterocycles. The topological polar surface area (TPSA) is 97.6 Å². The van der Waals surface area contributed by atoms with Gasteiger partial charge >= 0.3 is 5.97 Å². The van der Waals surface area contributed by atoms with Crippen LogP contribution in [-0.4, -0.2) is 37.0 Å². The van der Waals surface area contributed by atoms with Crippen molar-refractivity contribution in [3.63, 3.8) is 0 Å². The third kappa shape index (κ3) is 6.14. The SMILES string of the molecule is O=C(COC(=O)CNC(=O)c1ccco1)NC1CCCCCC1. The molecule has 7 nitrogen and oxygen atoms in total. The zero-order valence-electron chi connectivity index (χ0n) is 13.0. The van der Waals surface area contributed by atoms with Gasteiger partial charge in [0.1, 0.15) is 6.54 Å². The zero-order chi connectivity index (χ0) is 16.5. The first-order chi connectivity index (χ1) is 11.1. The summed E-state index contributed by atoms with van der Waals surface area (Å²) in [5.41, 5.74) is 0. The molecule has 1 aliphatic rings. The van der Waals surface area contributed by atoms with Crippen molar-refractivity contribution in [2.75, 3.05) is 13.2 Å². The molecule has 2 rings (SSSR count). The number of hydrogen-bond donors (Lipinski definition) is 2. The Bertz CT molecular complexity index is 519. The lowest BCUT2D eigenvalue weighted by Crippen LogP contribution is -2.38. The number of ether oxygens (including phenoxy) is 1. The molecule has 0 atom stereocenters. The van der Waals surface area contributed by atoms with Crippen molar-refractivity contribution in [1.29, 1.82) is 0 Å². The number of nitrogens with one attached hydrogen (secondary N) is 2. The zero-order valence-corrected chi connectivity index (χ0v) is 13.0. The Morgan fingerprint density at radius 2 is 1.91 bits per heavy atom. The Balaban J connectivity index is 1.61. The van der Waals surface area contributed by atoms with E-state index in [9.17, 15) is 14.4 Å². The highest BCUT2D eigenvalue weighted by Gasteiger charge is 2.16. The van der Waals surface area contributed by atoms with Gasteiger partial charge in [0, 0.05) is 6.04 Å². The molecule has 1 saturated carbocycles. The number of hydrogen-bond acceptors (Lipinski definition) is 5. The minimum absolute atomic E-state index is 0.115. The molecule has 0 unspecified atom stereocenters. The fraction of sp³-hybridized carbons (Fsp3) is 0.562. The third-order valence-corrected chi connectivity index (χ3v) is 3.72. The standard InChI is InChI=1S/C16H22N2O5/c19-14(18-12-6-3-1-2-4-7-12)11-23-15(20)10-17-16(21)13-8-5-9-22-13/h5,8-9,12H,1-4,6-7,10-11H2,(H,17,21)(H,18,19).